The lowest BCUT2D eigenvalue weighted by Crippen LogP contribution is -2.34. The van der Waals surface area contributed by atoms with E-state index in [0.29, 0.717) is 12.0 Å². The summed E-state index contributed by atoms with van der Waals surface area (Å²) in [6.07, 6.45) is 3.01. The van der Waals surface area contributed by atoms with Crippen molar-refractivity contribution in [2.45, 2.75) is 32.9 Å². The zero-order chi connectivity index (χ0) is 12.0. The average molecular weight is 225 g/mol. The van der Waals surface area contributed by atoms with Crippen LogP contribution in [0.4, 0.5) is 0 Å². The minimum absolute atomic E-state index is 0.488. The second kappa shape index (κ2) is 6.66. The van der Waals surface area contributed by atoms with Gasteiger partial charge in [-0.2, -0.15) is 5.10 Å². The Morgan fingerprint density at radius 1 is 1.50 bits per heavy atom. The van der Waals surface area contributed by atoms with Gasteiger partial charge in [0.05, 0.1) is 5.69 Å². The molecule has 0 spiro atoms. The number of nitrogens with one attached hydrogen (secondary N) is 1. The molecule has 0 bridgehead atoms. The van der Waals surface area contributed by atoms with Crippen LogP contribution in [0.3, 0.4) is 0 Å². The Bertz CT molecular complexity index is 296. The monoisotopic (exact) mass is 225 g/mol. The van der Waals surface area contributed by atoms with Crippen molar-refractivity contribution in [2.75, 3.05) is 13.7 Å². The number of methoxy groups -OCH3 is 1. The van der Waals surface area contributed by atoms with Crippen LogP contribution in [0.15, 0.2) is 12.3 Å². The van der Waals surface area contributed by atoms with Crippen molar-refractivity contribution in [3.8, 4) is 0 Å². The van der Waals surface area contributed by atoms with E-state index in [1.807, 2.05) is 24.0 Å². The minimum atomic E-state index is 0.488. The van der Waals surface area contributed by atoms with E-state index in [-0.39, 0.29) is 0 Å². The van der Waals surface area contributed by atoms with E-state index < -0.39 is 0 Å². The number of rotatable bonds is 7. The lowest BCUT2D eigenvalue weighted by Gasteiger charge is -2.21. The van der Waals surface area contributed by atoms with Crippen molar-refractivity contribution in [2.24, 2.45) is 13.0 Å². The third kappa shape index (κ3) is 4.33. The molecule has 1 unspecified atom stereocenters. The molecule has 0 saturated heterocycles. The Labute approximate surface area is 98.0 Å². The summed E-state index contributed by atoms with van der Waals surface area (Å²) >= 11 is 0. The second-order valence-corrected chi connectivity index (χ2v) is 4.49. The van der Waals surface area contributed by atoms with Crippen LogP contribution in [-0.4, -0.2) is 29.5 Å². The van der Waals surface area contributed by atoms with Crippen LogP contribution in [0.2, 0.25) is 0 Å². The first-order chi connectivity index (χ1) is 7.63. The normalized spacial score (nSPS) is 13.3. The van der Waals surface area contributed by atoms with Crippen molar-refractivity contribution in [3.63, 3.8) is 0 Å². The highest BCUT2D eigenvalue weighted by atomic mass is 16.5. The number of hydrogen-bond acceptors (Lipinski definition) is 3. The van der Waals surface area contributed by atoms with Gasteiger partial charge in [0.25, 0.3) is 0 Å². The van der Waals surface area contributed by atoms with Gasteiger partial charge in [0.1, 0.15) is 0 Å². The number of aryl methyl sites for hydroxylation is 1. The van der Waals surface area contributed by atoms with Gasteiger partial charge in [-0.1, -0.05) is 13.8 Å². The average Bonchev–Trinajstić information content (AvgIpc) is 2.64. The lowest BCUT2D eigenvalue weighted by atomic mass is 10.0. The highest BCUT2D eigenvalue weighted by Gasteiger charge is 2.12. The van der Waals surface area contributed by atoms with E-state index in [0.717, 1.165) is 25.3 Å². The number of hydrogen-bond donors (Lipinski definition) is 1. The summed E-state index contributed by atoms with van der Waals surface area (Å²) in [5.41, 5.74) is 1.09. The molecule has 0 radical (unpaired) electrons. The van der Waals surface area contributed by atoms with Gasteiger partial charge >= 0.3 is 0 Å². The van der Waals surface area contributed by atoms with Crippen molar-refractivity contribution in [1.29, 1.82) is 0 Å². The highest BCUT2D eigenvalue weighted by Crippen LogP contribution is 2.07. The van der Waals surface area contributed by atoms with Gasteiger partial charge in [0.2, 0.25) is 0 Å². The smallest absolute Gasteiger partial charge is 0.0762 e. The van der Waals surface area contributed by atoms with Gasteiger partial charge in [0, 0.05) is 39.5 Å². The van der Waals surface area contributed by atoms with E-state index in [9.17, 15) is 0 Å². The Morgan fingerprint density at radius 3 is 2.75 bits per heavy atom. The fourth-order valence-electron chi connectivity index (χ4n) is 1.71. The molecule has 0 aliphatic heterocycles. The van der Waals surface area contributed by atoms with E-state index >= 15 is 0 Å². The molecule has 1 aromatic rings. The van der Waals surface area contributed by atoms with Crippen molar-refractivity contribution in [1.82, 2.24) is 15.1 Å². The van der Waals surface area contributed by atoms with Crippen LogP contribution in [0.1, 0.15) is 26.0 Å². The van der Waals surface area contributed by atoms with Gasteiger partial charge in [0.15, 0.2) is 0 Å². The molecule has 1 rings (SSSR count). The fourth-order valence-corrected chi connectivity index (χ4v) is 1.71. The summed E-state index contributed by atoms with van der Waals surface area (Å²) in [5.74, 6) is 0.610. The Balaban J connectivity index is 2.37. The maximum Gasteiger partial charge on any atom is 0.0762 e. The topological polar surface area (TPSA) is 39.1 Å². The third-order valence-electron chi connectivity index (χ3n) is 2.75. The Hall–Kier alpha value is -0.870. The molecule has 16 heavy (non-hydrogen) atoms. The molecular weight excluding hydrogens is 202 g/mol. The SMILES string of the molecule is COCCC(NCc1ccn(C)n1)C(C)C. The van der Waals surface area contributed by atoms with E-state index in [1.165, 1.54) is 0 Å². The molecule has 0 saturated carbocycles. The first kappa shape index (κ1) is 13.2. The Kier molecular flexibility index (Phi) is 5.49. The summed E-state index contributed by atoms with van der Waals surface area (Å²) in [6.45, 7) is 6.09. The van der Waals surface area contributed by atoms with Gasteiger partial charge in [-0.3, -0.25) is 4.68 Å². The fraction of sp³-hybridized carbons (Fsp3) is 0.750. The zero-order valence-electron chi connectivity index (χ0n) is 10.7. The summed E-state index contributed by atoms with van der Waals surface area (Å²) in [7, 11) is 3.69. The number of ether oxygens (including phenoxy) is 1. The first-order valence-electron chi connectivity index (χ1n) is 5.84. The maximum atomic E-state index is 5.12. The van der Waals surface area contributed by atoms with E-state index in [2.05, 4.69) is 24.3 Å². The van der Waals surface area contributed by atoms with Crippen molar-refractivity contribution in [3.05, 3.63) is 18.0 Å². The van der Waals surface area contributed by atoms with Crippen LogP contribution >= 0.6 is 0 Å². The van der Waals surface area contributed by atoms with Crippen molar-refractivity contribution < 1.29 is 4.74 Å². The molecule has 0 aliphatic rings. The van der Waals surface area contributed by atoms with Crippen LogP contribution in [0.5, 0.6) is 0 Å². The van der Waals surface area contributed by atoms with Crippen LogP contribution in [0, 0.1) is 5.92 Å². The summed E-state index contributed by atoms with van der Waals surface area (Å²) in [6, 6.07) is 2.53. The molecule has 1 heterocycles. The van der Waals surface area contributed by atoms with Gasteiger partial charge in [-0.15, -0.1) is 0 Å². The first-order valence-corrected chi connectivity index (χ1v) is 5.84. The largest absolute Gasteiger partial charge is 0.385 e. The summed E-state index contributed by atoms with van der Waals surface area (Å²) in [5, 5.41) is 7.87. The minimum Gasteiger partial charge on any atom is -0.385 e. The van der Waals surface area contributed by atoms with Crippen LogP contribution < -0.4 is 5.32 Å². The molecule has 4 nitrogen and oxygen atoms in total. The third-order valence-corrected chi connectivity index (χ3v) is 2.75. The molecule has 4 heteroatoms. The predicted octanol–water partition coefficient (Wildman–Crippen LogP) is 1.57. The maximum absolute atomic E-state index is 5.12. The van der Waals surface area contributed by atoms with Crippen LogP contribution in [-0.2, 0) is 18.3 Å². The van der Waals surface area contributed by atoms with Gasteiger partial charge < -0.3 is 10.1 Å². The molecular formula is C12H23N3O. The van der Waals surface area contributed by atoms with Gasteiger partial charge in [-0.25, -0.2) is 0 Å². The molecule has 0 aliphatic carbocycles. The lowest BCUT2D eigenvalue weighted by molar-refractivity contribution is 0.173. The predicted molar refractivity (Wildman–Crippen MR) is 65.2 cm³/mol. The standard InChI is InChI=1S/C12H23N3O/c1-10(2)12(6-8-16-4)13-9-11-5-7-15(3)14-11/h5,7,10,12-13H,6,8-9H2,1-4H3. The molecule has 0 fully saturated rings. The molecule has 1 aromatic heterocycles. The molecule has 92 valence electrons. The van der Waals surface area contributed by atoms with E-state index in [4.69, 9.17) is 4.74 Å². The quantitative estimate of drug-likeness (QED) is 0.765. The molecule has 1 atom stereocenters. The Morgan fingerprint density at radius 2 is 2.25 bits per heavy atom. The molecule has 0 aromatic carbocycles. The van der Waals surface area contributed by atoms with Gasteiger partial charge in [-0.05, 0) is 18.4 Å². The van der Waals surface area contributed by atoms with E-state index in [1.54, 1.807) is 7.11 Å². The molecule has 1 N–H and O–H groups in total. The highest BCUT2D eigenvalue weighted by molar-refractivity contribution is 4.98. The second-order valence-electron chi connectivity index (χ2n) is 4.49. The van der Waals surface area contributed by atoms with Crippen molar-refractivity contribution >= 4 is 0 Å². The number of aromatic nitrogens is 2. The summed E-state index contributed by atoms with van der Waals surface area (Å²) < 4.78 is 6.95. The number of nitrogens with zero attached hydrogens (tertiary/aromatic N) is 2. The summed E-state index contributed by atoms with van der Waals surface area (Å²) in [4.78, 5) is 0. The van der Waals surface area contributed by atoms with Crippen LogP contribution in [0.25, 0.3) is 0 Å². The zero-order valence-corrected chi connectivity index (χ0v) is 10.7. The molecule has 0 amide bonds.